The van der Waals surface area contributed by atoms with E-state index in [0.29, 0.717) is 5.82 Å². The molecule has 0 fully saturated rings. The molecular formula is C54H34N4. The van der Waals surface area contributed by atoms with Gasteiger partial charge in [-0.25, -0.2) is 9.97 Å². The molecule has 0 aliphatic heterocycles. The van der Waals surface area contributed by atoms with Gasteiger partial charge in [0.25, 0.3) is 0 Å². The van der Waals surface area contributed by atoms with Crippen LogP contribution in [0.1, 0.15) is 0 Å². The molecule has 3 heterocycles. The highest BCUT2D eigenvalue weighted by Crippen LogP contribution is 2.44. The van der Waals surface area contributed by atoms with Crippen LogP contribution in [0.2, 0.25) is 0 Å². The fraction of sp³-hybridized carbons (Fsp3) is 0. The maximum Gasteiger partial charge on any atom is 0.160 e. The lowest BCUT2D eigenvalue weighted by Crippen LogP contribution is -1.97. The SMILES string of the molecule is c1ccc(-c2cccc(-c3cc(-c4cc5ccccc5c5ccccc45)nc(-c4cccc(-c5c6ccccc6c(-c6cccnc6)c6ccccc56)c4)n3)c2)nc1. The molecule has 58 heavy (non-hydrogen) atoms. The summed E-state index contributed by atoms with van der Waals surface area (Å²) in [5.41, 5.74) is 11.2. The molecule has 0 amide bonds. The molecule has 8 aromatic carbocycles. The normalized spacial score (nSPS) is 11.4. The minimum absolute atomic E-state index is 0.662. The molecular weight excluding hydrogens is 705 g/mol. The number of fused-ring (bicyclic) bond motifs is 5. The standard InChI is InChI=1S/C54H34N4/c1-2-20-41-35(14-1)32-48(43-22-4-3-21-42(41)43)51-33-50(37-16-11-15-36(30-37)49-27-9-10-29-56-49)57-54(58-51)39-18-12-17-38(31-39)52-44-23-5-7-25-46(44)53(40-19-13-28-55-34-40)47-26-8-6-24-45(47)52/h1-34H. The summed E-state index contributed by atoms with van der Waals surface area (Å²) in [5, 5.41) is 9.48. The molecule has 4 heteroatoms. The van der Waals surface area contributed by atoms with E-state index in [1.54, 1.807) is 0 Å². The lowest BCUT2D eigenvalue weighted by Gasteiger charge is -2.18. The minimum Gasteiger partial charge on any atom is -0.264 e. The molecule has 4 nitrogen and oxygen atoms in total. The number of nitrogens with zero attached hydrogens (tertiary/aromatic N) is 4. The van der Waals surface area contributed by atoms with Crippen molar-refractivity contribution in [3.05, 3.63) is 207 Å². The molecule has 270 valence electrons. The zero-order valence-corrected chi connectivity index (χ0v) is 31.4. The summed E-state index contributed by atoms with van der Waals surface area (Å²) in [6.45, 7) is 0. The second kappa shape index (κ2) is 14.0. The van der Waals surface area contributed by atoms with E-state index in [-0.39, 0.29) is 0 Å². The Morgan fingerprint density at radius 2 is 0.862 bits per heavy atom. The van der Waals surface area contributed by atoms with Gasteiger partial charge in [0.1, 0.15) is 0 Å². The van der Waals surface area contributed by atoms with Gasteiger partial charge in [-0.3, -0.25) is 9.97 Å². The van der Waals surface area contributed by atoms with Crippen molar-refractivity contribution < 1.29 is 0 Å². The molecule has 0 saturated carbocycles. The molecule has 0 spiro atoms. The van der Waals surface area contributed by atoms with Crippen LogP contribution in [-0.2, 0) is 0 Å². The topological polar surface area (TPSA) is 51.6 Å². The summed E-state index contributed by atoms with van der Waals surface area (Å²) in [6.07, 6.45) is 5.62. The Balaban J connectivity index is 1.15. The first-order valence-electron chi connectivity index (χ1n) is 19.5. The third-order valence-electron chi connectivity index (χ3n) is 11.2. The van der Waals surface area contributed by atoms with E-state index in [4.69, 9.17) is 9.97 Å². The van der Waals surface area contributed by atoms with Crippen molar-refractivity contribution in [3.8, 4) is 67.4 Å². The van der Waals surface area contributed by atoms with Crippen LogP contribution in [-0.4, -0.2) is 19.9 Å². The van der Waals surface area contributed by atoms with Gasteiger partial charge in [0.05, 0.1) is 17.1 Å². The first kappa shape index (κ1) is 33.5. The molecule has 0 aliphatic carbocycles. The number of rotatable bonds is 6. The fourth-order valence-corrected chi connectivity index (χ4v) is 8.57. The van der Waals surface area contributed by atoms with Gasteiger partial charge in [-0.1, -0.05) is 146 Å². The Morgan fingerprint density at radius 3 is 1.55 bits per heavy atom. The summed E-state index contributed by atoms with van der Waals surface area (Å²) in [4.78, 5) is 19.9. The quantitative estimate of drug-likeness (QED) is 0.126. The number of pyridine rings is 2. The van der Waals surface area contributed by atoms with E-state index in [9.17, 15) is 0 Å². The van der Waals surface area contributed by atoms with Crippen LogP contribution in [0, 0.1) is 0 Å². The molecule has 0 aliphatic rings. The third kappa shape index (κ3) is 5.78. The maximum absolute atomic E-state index is 5.42. The van der Waals surface area contributed by atoms with Crippen LogP contribution in [0.3, 0.4) is 0 Å². The predicted molar refractivity (Wildman–Crippen MR) is 240 cm³/mol. The van der Waals surface area contributed by atoms with Crippen molar-refractivity contribution >= 4 is 43.1 Å². The van der Waals surface area contributed by atoms with E-state index >= 15 is 0 Å². The van der Waals surface area contributed by atoms with Crippen molar-refractivity contribution in [2.75, 3.05) is 0 Å². The number of aromatic nitrogens is 4. The van der Waals surface area contributed by atoms with Crippen LogP contribution in [0.25, 0.3) is 111 Å². The molecule has 0 atom stereocenters. The fourth-order valence-electron chi connectivity index (χ4n) is 8.57. The zero-order chi connectivity index (χ0) is 38.4. The predicted octanol–water partition coefficient (Wildman–Crippen LogP) is 13.9. The zero-order valence-electron chi connectivity index (χ0n) is 31.4. The van der Waals surface area contributed by atoms with Crippen LogP contribution >= 0.6 is 0 Å². The largest absolute Gasteiger partial charge is 0.264 e. The molecule has 11 rings (SSSR count). The maximum atomic E-state index is 5.42. The van der Waals surface area contributed by atoms with Crippen molar-refractivity contribution in [1.82, 2.24) is 19.9 Å². The van der Waals surface area contributed by atoms with Crippen molar-refractivity contribution in [3.63, 3.8) is 0 Å². The van der Waals surface area contributed by atoms with Gasteiger partial charge in [0.2, 0.25) is 0 Å². The average molecular weight is 739 g/mol. The van der Waals surface area contributed by atoms with Gasteiger partial charge < -0.3 is 0 Å². The summed E-state index contributed by atoms with van der Waals surface area (Å²) < 4.78 is 0. The van der Waals surface area contributed by atoms with E-state index in [1.165, 1.54) is 48.8 Å². The van der Waals surface area contributed by atoms with E-state index < -0.39 is 0 Å². The van der Waals surface area contributed by atoms with Crippen LogP contribution in [0.4, 0.5) is 0 Å². The van der Waals surface area contributed by atoms with Crippen LogP contribution < -0.4 is 0 Å². The smallest absolute Gasteiger partial charge is 0.160 e. The van der Waals surface area contributed by atoms with Crippen LogP contribution in [0.5, 0.6) is 0 Å². The van der Waals surface area contributed by atoms with E-state index in [0.717, 1.165) is 55.8 Å². The van der Waals surface area contributed by atoms with Crippen molar-refractivity contribution in [2.24, 2.45) is 0 Å². The highest BCUT2D eigenvalue weighted by atomic mass is 14.9. The van der Waals surface area contributed by atoms with Gasteiger partial charge >= 0.3 is 0 Å². The third-order valence-corrected chi connectivity index (χ3v) is 11.2. The molecule has 3 aromatic heterocycles. The molecule has 0 saturated heterocycles. The van der Waals surface area contributed by atoms with Crippen LogP contribution in [0.15, 0.2) is 207 Å². The second-order valence-corrected chi connectivity index (χ2v) is 14.6. The first-order valence-corrected chi connectivity index (χ1v) is 19.5. The Labute approximate surface area is 335 Å². The number of benzene rings is 8. The number of hydrogen-bond donors (Lipinski definition) is 0. The Bertz CT molecular complexity index is 3280. The van der Waals surface area contributed by atoms with Gasteiger partial charge in [-0.2, -0.15) is 0 Å². The Morgan fingerprint density at radius 1 is 0.310 bits per heavy atom. The molecule has 0 bridgehead atoms. The van der Waals surface area contributed by atoms with Gasteiger partial charge in [-0.05, 0) is 102 Å². The Kier molecular flexibility index (Phi) is 8.11. The second-order valence-electron chi connectivity index (χ2n) is 14.6. The summed E-state index contributed by atoms with van der Waals surface area (Å²) in [7, 11) is 0. The summed E-state index contributed by atoms with van der Waals surface area (Å²) in [6, 6.07) is 66.4. The molecule has 11 aromatic rings. The Hall–Kier alpha value is -7.82. The summed E-state index contributed by atoms with van der Waals surface area (Å²) in [5.74, 6) is 0.662. The van der Waals surface area contributed by atoms with Gasteiger partial charge in [0, 0.05) is 46.4 Å². The molecule has 0 N–H and O–H groups in total. The highest BCUT2D eigenvalue weighted by Gasteiger charge is 2.19. The number of hydrogen-bond acceptors (Lipinski definition) is 4. The van der Waals surface area contributed by atoms with Gasteiger partial charge in [0.15, 0.2) is 5.82 Å². The lowest BCUT2D eigenvalue weighted by atomic mass is 9.86. The summed E-state index contributed by atoms with van der Waals surface area (Å²) >= 11 is 0. The van der Waals surface area contributed by atoms with Crippen molar-refractivity contribution in [1.29, 1.82) is 0 Å². The van der Waals surface area contributed by atoms with Crippen molar-refractivity contribution in [2.45, 2.75) is 0 Å². The van der Waals surface area contributed by atoms with E-state index in [2.05, 4.69) is 174 Å². The van der Waals surface area contributed by atoms with Gasteiger partial charge in [-0.15, -0.1) is 0 Å². The molecule has 0 radical (unpaired) electrons. The minimum atomic E-state index is 0.662. The lowest BCUT2D eigenvalue weighted by molar-refractivity contribution is 1.19. The van der Waals surface area contributed by atoms with E-state index in [1.807, 2.05) is 42.9 Å². The monoisotopic (exact) mass is 738 g/mol. The highest BCUT2D eigenvalue weighted by molar-refractivity contribution is 6.21. The average Bonchev–Trinajstić information content (AvgIpc) is 3.31. The molecule has 0 unspecified atom stereocenters. The first-order chi connectivity index (χ1) is 28.8.